The lowest BCUT2D eigenvalue weighted by Crippen LogP contribution is -1.99. The van der Waals surface area contributed by atoms with Crippen LogP contribution in [0.25, 0.3) is 0 Å². The van der Waals surface area contributed by atoms with E-state index in [1.165, 1.54) is 0 Å². The molecule has 0 radical (unpaired) electrons. The van der Waals surface area contributed by atoms with E-state index in [4.69, 9.17) is 0 Å². The molecule has 0 amide bonds. The van der Waals surface area contributed by atoms with Gasteiger partial charge < -0.3 is 0 Å². The van der Waals surface area contributed by atoms with Crippen LogP contribution in [0.3, 0.4) is 0 Å². The molecule has 0 aromatic rings. The zero-order valence-corrected chi connectivity index (χ0v) is 8.59. The number of hydrogen-bond donors (Lipinski definition) is 0. The molecule has 0 aromatic carbocycles. The van der Waals surface area contributed by atoms with Gasteiger partial charge in [0.15, 0.2) is 0 Å². The lowest BCUT2D eigenvalue weighted by atomic mass is 10.3. The van der Waals surface area contributed by atoms with Gasteiger partial charge >= 0.3 is 0 Å². The van der Waals surface area contributed by atoms with E-state index in [-0.39, 0.29) is 24.8 Å². The smallest absolute Gasteiger partial charge is 0.123 e. The van der Waals surface area contributed by atoms with Gasteiger partial charge in [-0.15, -0.1) is 24.8 Å². The number of rotatable bonds is 0. The maximum atomic E-state index is 4.24. The van der Waals surface area contributed by atoms with Crippen LogP contribution in [-0.4, -0.2) is 16.6 Å². The van der Waals surface area contributed by atoms with Crippen molar-refractivity contribution >= 4 is 47.3 Å². The Hall–Kier alpha value is -0.250. The van der Waals surface area contributed by atoms with Crippen LogP contribution in [0.5, 0.6) is 0 Å². The fourth-order valence-corrected chi connectivity index (χ4v) is 1.58. The van der Waals surface area contributed by atoms with Crippen molar-refractivity contribution in [1.29, 1.82) is 0 Å². The van der Waals surface area contributed by atoms with Crippen LogP contribution in [0.15, 0.2) is 34.4 Å². The van der Waals surface area contributed by atoms with Crippen LogP contribution in [0.1, 0.15) is 0 Å². The van der Waals surface area contributed by atoms with Gasteiger partial charge in [-0.3, -0.25) is 4.99 Å². The summed E-state index contributed by atoms with van der Waals surface area (Å²) in [5.74, 6) is 0.826. The zero-order chi connectivity index (χ0) is 6.81. The minimum atomic E-state index is 0. The SMILES string of the molecule is C1=CN=C2SCN=C2C=C1.Cl.Cl. The Labute approximate surface area is 87.8 Å². The minimum Gasteiger partial charge on any atom is -0.271 e. The Morgan fingerprint density at radius 2 is 2.08 bits per heavy atom. The number of allylic oxidation sites excluding steroid dienone is 3. The molecular formula is C7H8Cl2N2S. The summed E-state index contributed by atoms with van der Waals surface area (Å²) in [5.41, 5.74) is 1.02. The van der Waals surface area contributed by atoms with E-state index in [9.17, 15) is 0 Å². The fraction of sp³-hybridized carbons (Fsp3) is 0.143. The monoisotopic (exact) mass is 222 g/mol. The molecule has 12 heavy (non-hydrogen) atoms. The van der Waals surface area contributed by atoms with E-state index in [1.807, 2.05) is 18.2 Å². The van der Waals surface area contributed by atoms with Crippen molar-refractivity contribution in [2.24, 2.45) is 9.98 Å². The second kappa shape index (κ2) is 5.41. The predicted octanol–water partition coefficient (Wildman–Crippen LogP) is 2.46. The highest BCUT2D eigenvalue weighted by molar-refractivity contribution is 8.16. The molecule has 2 nitrogen and oxygen atoms in total. The van der Waals surface area contributed by atoms with Gasteiger partial charge in [-0.25, -0.2) is 4.99 Å². The molecule has 0 bridgehead atoms. The number of hydrogen-bond acceptors (Lipinski definition) is 3. The Kier molecular flexibility index (Phi) is 5.29. The highest BCUT2D eigenvalue weighted by atomic mass is 35.5. The summed E-state index contributed by atoms with van der Waals surface area (Å²) in [6, 6.07) is 0. The van der Waals surface area contributed by atoms with Crippen LogP contribution in [0, 0.1) is 0 Å². The molecule has 5 heteroatoms. The minimum absolute atomic E-state index is 0. The molecule has 2 aliphatic heterocycles. The van der Waals surface area contributed by atoms with E-state index >= 15 is 0 Å². The third-order valence-electron chi connectivity index (χ3n) is 1.30. The van der Waals surface area contributed by atoms with Gasteiger partial charge in [-0.05, 0) is 12.2 Å². The normalized spacial score (nSPS) is 18.0. The summed E-state index contributed by atoms with van der Waals surface area (Å²) in [4.78, 5) is 8.43. The standard InChI is InChI=1S/C7H6N2S.2ClH/c1-2-4-8-7-6(3-1)9-5-10-7;;/h1-4H,5H2;2*1H. The summed E-state index contributed by atoms with van der Waals surface area (Å²) in [5, 5.41) is 1.05. The Morgan fingerprint density at radius 3 is 2.92 bits per heavy atom. The lowest BCUT2D eigenvalue weighted by molar-refractivity contribution is 1.41. The average Bonchev–Trinajstić information content (AvgIpc) is 2.28. The summed E-state index contributed by atoms with van der Waals surface area (Å²) >= 11 is 1.68. The molecule has 0 aliphatic carbocycles. The second-order valence-corrected chi connectivity index (χ2v) is 2.89. The molecule has 0 saturated heterocycles. The topological polar surface area (TPSA) is 24.7 Å². The van der Waals surface area contributed by atoms with Gasteiger partial charge in [-0.1, -0.05) is 17.8 Å². The molecule has 0 unspecified atom stereocenters. The molecule has 0 fully saturated rings. The second-order valence-electron chi connectivity index (χ2n) is 1.95. The van der Waals surface area contributed by atoms with Crippen molar-refractivity contribution < 1.29 is 0 Å². The third-order valence-corrected chi connectivity index (χ3v) is 2.14. The Bertz CT molecular complexity index is 269. The highest BCUT2D eigenvalue weighted by Crippen LogP contribution is 2.16. The zero-order valence-electron chi connectivity index (χ0n) is 6.14. The van der Waals surface area contributed by atoms with Crippen LogP contribution < -0.4 is 0 Å². The summed E-state index contributed by atoms with van der Waals surface area (Å²) in [7, 11) is 0. The predicted molar refractivity (Wildman–Crippen MR) is 60.1 cm³/mol. The van der Waals surface area contributed by atoms with Crippen molar-refractivity contribution in [2.45, 2.75) is 0 Å². The van der Waals surface area contributed by atoms with Crippen molar-refractivity contribution in [3.8, 4) is 0 Å². The van der Waals surface area contributed by atoms with E-state index in [0.717, 1.165) is 16.6 Å². The maximum absolute atomic E-state index is 4.24. The molecule has 0 saturated carbocycles. The molecule has 0 N–H and O–H groups in total. The third kappa shape index (κ3) is 2.37. The van der Waals surface area contributed by atoms with Crippen molar-refractivity contribution in [3.05, 3.63) is 24.4 Å². The van der Waals surface area contributed by atoms with Gasteiger partial charge in [0.25, 0.3) is 0 Å². The van der Waals surface area contributed by atoms with Crippen LogP contribution in [0.4, 0.5) is 0 Å². The van der Waals surface area contributed by atoms with Crippen LogP contribution in [-0.2, 0) is 0 Å². The number of thioether (sulfide) groups is 1. The fourth-order valence-electron chi connectivity index (χ4n) is 0.839. The summed E-state index contributed by atoms with van der Waals surface area (Å²) < 4.78 is 0. The number of nitrogens with zero attached hydrogens (tertiary/aromatic N) is 2. The first kappa shape index (κ1) is 11.8. The number of halogens is 2. The van der Waals surface area contributed by atoms with Gasteiger partial charge in [0.2, 0.25) is 0 Å². The molecular weight excluding hydrogens is 215 g/mol. The first-order valence-electron chi connectivity index (χ1n) is 3.05. The van der Waals surface area contributed by atoms with E-state index < -0.39 is 0 Å². The Balaban J connectivity index is 0.000000605. The molecule has 0 atom stereocenters. The summed E-state index contributed by atoms with van der Waals surface area (Å²) in [6.45, 7) is 0. The van der Waals surface area contributed by atoms with Gasteiger partial charge in [0.05, 0.1) is 11.6 Å². The van der Waals surface area contributed by atoms with E-state index in [0.29, 0.717) is 0 Å². The van der Waals surface area contributed by atoms with Crippen LogP contribution >= 0.6 is 36.6 Å². The van der Waals surface area contributed by atoms with Gasteiger partial charge in [-0.2, -0.15) is 0 Å². The van der Waals surface area contributed by atoms with Crippen molar-refractivity contribution in [3.63, 3.8) is 0 Å². The molecule has 0 aromatic heterocycles. The molecule has 2 rings (SSSR count). The first-order valence-corrected chi connectivity index (χ1v) is 4.04. The van der Waals surface area contributed by atoms with Crippen molar-refractivity contribution in [2.75, 3.05) is 5.88 Å². The van der Waals surface area contributed by atoms with Crippen LogP contribution in [0.2, 0.25) is 0 Å². The molecule has 66 valence electrons. The van der Waals surface area contributed by atoms with Gasteiger partial charge in [0, 0.05) is 6.20 Å². The highest BCUT2D eigenvalue weighted by Gasteiger charge is 2.12. The van der Waals surface area contributed by atoms with E-state index in [2.05, 4.69) is 9.98 Å². The quantitative estimate of drug-likeness (QED) is 0.619. The lowest BCUT2D eigenvalue weighted by Gasteiger charge is -1.88. The summed E-state index contributed by atoms with van der Waals surface area (Å²) in [6.07, 6.45) is 7.66. The average molecular weight is 223 g/mol. The number of aliphatic imine (C=N–C) groups is 2. The van der Waals surface area contributed by atoms with Gasteiger partial charge in [0.1, 0.15) is 5.04 Å². The molecule has 2 heterocycles. The Morgan fingerprint density at radius 1 is 1.25 bits per heavy atom. The number of fused-ring (bicyclic) bond motifs is 1. The maximum Gasteiger partial charge on any atom is 0.123 e. The largest absolute Gasteiger partial charge is 0.271 e. The molecule has 0 spiro atoms. The van der Waals surface area contributed by atoms with E-state index in [1.54, 1.807) is 18.0 Å². The molecule has 2 aliphatic rings. The van der Waals surface area contributed by atoms with Crippen molar-refractivity contribution in [1.82, 2.24) is 0 Å². The first-order chi connectivity index (χ1) is 4.97.